The molecule has 2 aromatic rings. The topological polar surface area (TPSA) is 304 Å². The minimum atomic E-state index is -1.62. The average molecular weight is 1030 g/mol. The van der Waals surface area contributed by atoms with Crippen molar-refractivity contribution < 1.29 is 119 Å². The van der Waals surface area contributed by atoms with Crippen LogP contribution in [-0.4, -0.2) is 161 Å². The number of benzene rings is 2. The van der Waals surface area contributed by atoms with E-state index in [1.807, 2.05) is 0 Å². The Bertz CT molecular complexity index is 2390. The Morgan fingerprint density at radius 2 is 0.890 bits per heavy atom. The van der Waals surface area contributed by atoms with Crippen molar-refractivity contribution >= 4 is 47.8 Å². The number of hydrogen-bond donors (Lipinski definition) is 1. The van der Waals surface area contributed by atoms with Gasteiger partial charge in [-0.1, -0.05) is 12.1 Å². The Morgan fingerprint density at radius 3 is 1.29 bits per heavy atom. The molecule has 0 saturated carbocycles. The van der Waals surface area contributed by atoms with Crippen LogP contribution in [-0.2, 0) is 95.2 Å². The molecule has 4 aliphatic rings. The maximum atomic E-state index is 12.4. The van der Waals surface area contributed by atoms with Crippen LogP contribution in [0.3, 0.4) is 0 Å². The fourth-order valence-corrected chi connectivity index (χ4v) is 8.99. The van der Waals surface area contributed by atoms with Gasteiger partial charge in [-0.05, 0) is 35.4 Å². The molecule has 400 valence electrons. The molecule has 0 aliphatic carbocycles. The largest absolute Gasteiger partial charge is 0.493 e. The minimum absolute atomic E-state index is 0.0163. The van der Waals surface area contributed by atoms with Crippen molar-refractivity contribution in [2.75, 3.05) is 40.6 Å². The molecule has 14 atom stereocenters. The highest BCUT2D eigenvalue weighted by atomic mass is 16.8. The normalized spacial score (nSPS) is 30.3. The molecule has 2 aromatic carbocycles. The van der Waals surface area contributed by atoms with Gasteiger partial charge < -0.3 is 80.9 Å². The van der Waals surface area contributed by atoms with E-state index in [2.05, 4.69) is 0 Å². The summed E-state index contributed by atoms with van der Waals surface area (Å²) in [4.78, 5) is 97.5. The lowest BCUT2D eigenvalue weighted by Crippen LogP contribution is -2.63. The van der Waals surface area contributed by atoms with Gasteiger partial charge in [0.2, 0.25) is 24.8 Å². The first-order valence-corrected chi connectivity index (χ1v) is 22.8. The van der Waals surface area contributed by atoms with E-state index in [9.17, 15) is 43.5 Å². The van der Waals surface area contributed by atoms with E-state index in [0.717, 1.165) is 55.4 Å². The molecule has 4 fully saturated rings. The number of carbonyl (C=O) groups is 8. The van der Waals surface area contributed by atoms with Gasteiger partial charge in [0, 0.05) is 61.3 Å². The first-order valence-electron chi connectivity index (χ1n) is 22.8. The van der Waals surface area contributed by atoms with E-state index in [-0.39, 0.29) is 36.2 Å². The zero-order valence-corrected chi connectivity index (χ0v) is 41.5. The van der Waals surface area contributed by atoms with Gasteiger partial charge in [-0.25, -0.2) is 0 Å². The smallest absolute Gasteiger partial charge is 0.303 e. The van der Waals surface area contributed by atoms with Crippen molar-refractivity contribution in [2.24, 2.45) is 5.92 Å². The zero-order valence-electron chi connectivity index (χ0n) is 41.5. The van der Waals surface area contributed by atoms with Crippen LogP contribution in [0.4, 0.5) is 0 Å². The molecule has 0 spiro atoms. The lowest BCUT2D eigenvalue weighted by molar-refractivity contribution is -0.288. The molecule has 0 unspecified atom stereocenters. The lowest BCUT2D eigenvalue weighted by Gasteiger charge is -2.44. The van der Waals surface area contributed by atoms with Gasteiger partial charge in [-0.2, -0.15) is 0 Å². The van der Waals surface area contributed by atoms with Gasteiger partial charge in [-0.15, -0.1) is 0 Å². The summed E-state index contributed by atoms with van der Waals surface area (Å²) in [7, 11) is 2.70. The molecule has 25 heteroatoms. The number of carbonyl (C=O) groups excluding carboxylic acids is 8. The second-order valence-electron chi connectivity index (χ2n) is 17.2. The third kappa shape index (κ3) is 13.2. The summed E-state index contributed by atoms with van der Waals surface area (Å²) in [5.74, 6) is -6.68. The van der Waals surface area contributed by atoms with E-state index >= 15 is 0 Å². The van der Waals surface area contributed by atoms with Gasteiger partial charge in [0.15, 0.2) is 47.4 Å². The fraction of sp³-hybridized carbons (Fsp3) is 0.583. The molecule has 0 aromatic heterocycles. The van der Waals surface area contributed by atoms with Crippen LogP contribution >= 0.6 is 0 Å². The van der Waals surface area contributed by atoms with Gasteiger partial charge >= 0.3 is 47.8 Å². The van der Waals surface area contributed by atoms with Crippen LogP contribution < -0.4 is 18.9 Å². The SMILES string of the molecule is COc1cc([C@H]2OC[C@]3(O)[C@@H](c4ccc(O[C@@H]5O[C@H](COC(C)=O)[C@@H](OC(C)=O)[C@H](OC(C)=O)[C@H]5OC(C)=O)c(OC)c4)OC[C@H]23)ccc1O[C@@H]1O[C@H](COC(C)=O)[C@@H](OC(C)=O)[C@H](OC(C)=O)[C@H]1OC(C)=O. The van der Waals surface area contributed by atoms with Crippen LogP contribution in [0.15, 0.2) is 36.4 Å². The fourth-order valence-electron chi connectivity index (χ4n) is 8.99. The van der Waals surface area contributed by atoms with E-state index in [4.69, 9.17) is 75.8 Å². The summed E-state index contributed by atoms with van der Waals surface area (Å²) in [6.07, 6.45) is -16.3. The molecule has 0 bridgehead atoms. The maximum Gasteiger partial charge on any atom is 0.303 e. The third-order valence-corrected chi connectivity index (χ3v) is 11.8. The number of aliphatic hydroxyl groups is 1. The number of ether oxygens (including phenoxy) is 16. The van der Waals surface area contributed by atoms with E-state index in [0.29, 0.717) is 11.1 Å². The van der Waals surface area contributed by atoms with Crippen LogP contribution in [0.2, 0.25) is 0 Å². The molecule has 4 saturated heterocycles. The first kappa shape index (κ1) is 55.5. The summed E-state index contributed by atoms with van der Waals surface area (Å²) in [5, 5.41) is 12.3. The molecular weight excluding hydrogens is 977 g/mol. The Labute approximate surface area is 418 Å². The molecule has 0 amide bonds. The summed E-state index contributed by atoms with van der Waals surface area (Å²) >= 11 is 0. The summed E-state index contributed by atoms with van der Waals surface area (Å²) in [6, 6.07) is 9.34. The van der Waals surface area contributed by atoms with Crippen molar-refractivity contribution in [1.82, 2.24) is 0 Å². The highest BCUT2D eigenvalue weighted by Crippen LogP contribution is 2.54. The monoisotopic (exact) mass is 1030 g/mol. The number of fused-ring (bicyclic) bond motifs is 1. The van der Waals surface area contributed by atoms with Gasteiger partial charge in [0.1, 0.15) is 37.1 Å². The molecule has 73 heavy (non-hydrogen) atoms. The van der Waals surface area contributed by atoms with E-state index in [1.54, 1.807) is 24.3 Å². The highest BCUT2D eigenvalue weighted by molar-refractivity contribution is 5.70. The minimum Gasteiger partial charge on any atom is -0.493 e. The maximum absolute atomic E-state index is 12.4. The summed E-state index contributed by atoms with van der Waals surface area (Å²) < 4.78 is 91.9. The number of methoxy groups -OCH3 is 2. The van der Waals surface area contributed by atoms with Gasteiger partial charge in [0.05, 0.1) is 33.5 Å². The standard InChI is InChI=1S/C48H58O25/c1-21(49)60-18-36-39(64-23(3)51)41(66-25(5)53)43(68-27(7)55)46(72-36)70-32-13-11-29(15-34(32)58-9)38-31-17-62-45(48(31,57)20-63-38)30-12-14-33(35(16-30)59-10)71-47-44(69-28(8)56)42(67-26(6)54)40(65-24(4)52)37(73-47)19-61-22(2)50/h11-16,31,36-47,57H,17-20H2,1-10H3/t31-,36-,37-,38-,39-,40-,41+,42+,43-,44-,45-,46-,47-,48-/m1/s1. The van der Waals surface area contributed by atoms with Crippen LogP contribution in [0.1, 0.15) is 78.7 Å². The number of hydrogen-bond acceptors (Lipinski definition) is 25. The van der Waals surface area contributed by atoms with Crippen molar-refractivity contribution in [3.8, 4) is 23.0 Å². The predicted octanol–water partition coefficient (Wildman–Crippen LogP) is 1.82. The second-order valence-corrected chi connectivity index (χ2v) is 17.2. The van der Waals surface area contributed by atoms with Crippen molar-refractivity contribution in [1.29, 1.82) is 0 Å². The molecule has 25 nitrogen and oxygen atoms in total. The molecule has 4 aliphatic heterocycles. The molecule has 0 radical (unpaired) electrons. The Morgan fingerprint density at radius 1 is 0.507 bits per heavy atom. The lowest BCUT2D eigenvalue weighted by atomic mass is 9.81. The van der Waals surface area contributed by atoms with Gasteiger partial charge in [-0.3, -0.25) is 38.4 Å². The highest BCUT2D eigenvalue weighted by Gasteiger charge is 2.60. The summed E-state index contributed by atoms with van der Waals surface area (Å²) in [6.45, 7) is 7.75. The molecule has 6 rings (SSSR count). The number of rotatable bonds is 18. The Balaban J connectivity index is 1.24. The van der Waals surface area contributed by atoms with E-state index < -0.39 is 146 Å². The first-order chi connectivity index (χ1) is 34.5. The Kier molecular flexibility index (Phi) is 18.1. The predicted molar refractivity (Wildman–Crippen MR) is 237 cm³/mol. The quantitative estimate of drug-likeness (QED) is 0.164. The molecule has 4 heterocycles. The number of esters is 8. The van der Waals surface area contributed by atoms with Gasteiger partial charge in [0.25, 0.3) is 0 Å². The molecule has 1 N–H and O–H groups in total. The average Bonchev–Trinajstić information content (AvgIpc) is 3.82. The van der Waals surface area contributed by atoms with Crippen LogP contribution in [0.25, 0.3) is 0 Å². The van der Waals surface area contributed by atoms with Crippen LogP contribution in [0, 0.1) is 5.92 Å². The van der Waals surface area contributed by atoms with Crippen molar-refractivity contribution in [2.45, 2.75) is 135 Å². The van der Waals surface area contributed by atoms with Crippen LogP contribution in [0.5, 0.6) is 23.0 Å². The Hall–Kier alpha value is -6.80. The van der Waals surface area contributed by atoms with Crippen molar-refractivity contribution in [3.63, 3.8) is 0 Å². The van der Waals surface area contributed by atoms with E-state index in [1.165, 1.54) is 26.4 Å². The third-order valence-electron chi connectivity index (χ3n) is 11.8. The zero-order chi connectivity index (χ0) is 53.5. The molecular formula is C48H58O25. The summed E-state index contributed by atoms with van der Waals surface area (Å²) in [5.41, 5.74) is -0.651. The van der Waals surface area contributed by atoms with Crippen molar-refractivity contribution in [3.05, 3.63) is 47.5 Å². The second kappa shape index (κ2) is 23.8.